The summed E-state index contributed by atoms with van der Waals surface area (Å²) in [5.41, 5.74) is 2.09. The highest BCUT2D eigenvalue weighted by atomic mass is 16.5. The Balaban J connectivity index is 1.55. The minimum atomic E-state index is 0.137. The lowest BCUT2D eigenvalue weighted by Gasteiger charge is -2.18. The molecule has 0 spiro atoms. The van der Waals surface area contributed by atoms with Gasteiger partial charge in [0, 0.05) is 18.8 Å². The zero-order valence-corrected chi connectivity index (χ0v) is 14.0. The van der Waals surface area contributed by atoms with E-state index in [4.69, 9.17) is 4.74 Å². The van der Waals surface area contributed by atoms with E-state index in [2.05, 4.69) is 29.1 Å². The van der Waals surface area contributed by atoms with Crippen molar-refractivity contribution in [1.29, 1.82) is 0 Å². The molecule has 0 bridgehead atoms. The van der Waals surface area contributed by atoms with Gasteiger partial charge in [-0.15, -0.1) is 0 Å². The van der Waals surface area contributed by atoms with E-state index in [0.29, 0.717) is 43.7 Å². The van der Waals surface area contributed by atoms with Gasteiger partial charge in [0.05, 0.1) is 25.4 Å². The fraction of sp³-hybridized carbons (Fsp3) is 0.389. The molecule has 1 amide bonds. The topological polar surface area (TPSA) is 67.3 Å². The Morgan fingerprint density at radius 2 is 2.12 bits per heavy atom. The van der Waals surface area contributed by atoms with E-state index in [0.717, 1.165) is 11.3 Å². The molecule has 2 aromatic rings. The van der Waals surface area contributed by atoms with E-state index in [-0.39, 0.29) is 5.91 Å². The number of benzene rings is 1. The van der Waals surface area contributed by atoms with Gasteiger partial charge in [-0.1, -0.05) is 32.0 Å². The van der Waals surface area contributed by atoms with E-state index < -0.39 is 0 Å². The number of para-hydroxylation sites is 1. The first-order chi connectivity index (χ1) is 11.6. The maximum atomic E-state index is 12.1. The van der Waals surface area contributed by atoms with Crippen LogP contribution in [0.4, 0.5) is 11.5 Å². The lowest BCUT2D eigenvalue weighted by atomic mass is 10.2. The van der Waals surface area contributed by atoms with Crippen LogP contribution in [-0.4, -0.2) is 35.6 Å². The SMILES string of the molecule is CC(C)COc1cncc(NCCN2C(=O)Cc3ccccc32)n1. The summed E-state index contributed by atoms with van der Waals surface area (Å²) >= 11 is 0. The number of nitrogens with zero attached hydrogens (tertiary/aromatic N) is 3. The van der Waals surface area contributed by atoms with Crippen molar-refractivity contribution in [3.05, 3.63) is 42.2 Å². The van der Waals surface area contributed by atoms with E-state index in [1.807, 2.05) is 29.2 Å². The Kier molecular flexibility index (Phi) is 4.93. The van der Waals surface area contributed by atoms with Gasteiger partial charge in [-0.05, 0) is 17.5 Å². The normalized spacial score (nSPS) is 13.3. The van der Waals surface area contributed by atoms with Crippen LogP contribution in [0.2, 0.25) is 0 Å². The summed E-state index contributed by atoms with van der Waals surface area (Å²) in [4.78, 5) is 22.4. The molecule has 3 rings (SSSR count). The summed E-state index contributed by atoms with van der Waals surface area (Å²) in [5.74, 6) is 1.73. The van der Waals surface area contributed by atoms with Gasteiger partial charge >= 0.3 is 0 Å². The Labute approximate surface area is 141 Å². The van der Waals surface area contributed by atoms with Crippen LogP contribution in [0, 0.1) is 5.92 Å². The highest BCUT2D eigenvalue weighted by Gasteiger charge is 2.25. The van der Waals surface area contributed by atoms with Crippen molar-refractivity contribution in [3.8, 4) is 5.88 Å². The van der Waals surface area contributed by atoms with Crippen LogP contribution >= 0.6 is 0 Å². The third-order valence-corrected chi connectivity index (χ3v) is 3.74. The highest BCUT2D eigenvalue weighted by molar-refractivity contribution is 6.01. The van der Waals surface area contributed by atoms with Crippen LogP contribution in [0.3, 0.4) is 0 Å². The first-order valence-electron chi connectivity index (χ1n) is 8.20. The third kappa shape index (κ3) is 3.82. The average Bonchev–Trinajstić information content (AvgIpc) is 2.89. The molecule has 0 fully saturated rings. The smallest absolute Gasteiger partial charge is 0.234 e. The highest BCUT2D eigenvalue weighted by Crippen LogP contribution is 2.27. The molecular formula is C18H22N4O2. The van der Waals surface area contributed by atoms with Crippen LogP contribution in [-0.2, 0) is 11.2 Å². The molecule has 1 N–H and O–H groups in total. The number of hydrogen-bond acceptors (Lipinski definition) is 5. The molecule has 1 aliphatic rings. The Morgan fingerprint density at radius 1 is 1.29 bits per heavy atom. The molecule has 0 radical (unpaired) electrons. The van der Waals surface area contributed by atoms with Gasteiger partial charge in [-0.3, -0.25) is 9.78 Å². The van der Waals surface area contributed by atoms with Gasteiger partial charge in [0.1, 0.15) is 5.82 Å². The summed E-state index contributed by atoms with van der Waals surface area (Å²) < 4.78 is 5.57. The van der Waals surface area contributed by atoms with E-state index in [9.17, 15) is 4.79 Å². The van der Waals surface area contributed by atoms with Crippen molar-refractivity contribution in [1.82, 2.24) is 9.97 Å². The molecule has 6 heteroatoms. The van der Waals surface area contributed by atoms with Crippen molar-refractivity contribution in [3.63, 3.8) is 0 Å². The quantitative estimate of drug-likeness (QED) is 0.847. The van der Waals surface area contributed by atoms with E-state index in [1.54, 1.807) is 12.4 Å². The minimum absolute atomic E-state index is 0.137. The number of hydrogen-bond donors (Lipinski definition) is 1. The number of anilines is 2. The second-order valence-electron chi connectivity index (χ2n) is 6.23. The molecule has 0 unspecified atom stereocenters. The summed E-state index contributed by atoms with van der Waals surface area (Å²) in [6.07, 6.45) is 3.74. The summed E-state index contributed by atoms with van der Waals surface area (Å²) in [6.45, 7) is 5.97. The maximum Gasteiger partial charge on any atom is 0.234 e. The van der Waals surface area contributed by atoms with Crippen molar-refractivity contribution < 1.29 is 9.53 Å². The van der Waals surface area contributed by atoms with Crippen LogP contribution in [0.1, 0.15) is 19.4 Å². The molecule has 0 saturated heterocycles. The molecular weight excluding hydrogens is 304 g/mol. The van der Waals surface area contributed by atoms with Crippen molar-refractivity contribution >= 4 is 17.4 Å². The second-order valence-corrected chi connectivity index (χ2v) is 6.23. The molecule has 0 atom stereocenters. The molecule has 6 nitrogen and oxygen atoms in total. The first-order valence-corrected chi connectivity index (χ1v) is 8.20. The molecule has 2 heterocycles. The van der Waals surface area contributed by atoms with E-state index in [1.165, 1.54) is 0 Å². The number of aromatic nitrogens is 2. The zero-order chi connectivity index (χ0) is 16.9. The van der Waals surface area contributed by atoms with Crippen molar-refractivity contribution in [2.75, 3.05) is 29.9 Å². The number of amides is 1. The number of carbonyl (C=O) groups excluding carboxylic acids is 1. The lowest BCUT2D eigenvalue weighted by molar-refractivity contribution is -0.117. The van der Waals surface area contributed by atoms with Gasteiger partial charge in [0.2, 0.25) is 11.8 Å². The van der Waals surface area contributed by atoms with Gasteiger partial charge in [-0.2, -0.15) is 4.98 Å². The lowest BCUT2D eigenvalue weighted by Crippen LogP contribution is -2.31. The standard InChI is InChI=1S/C18H22N4O2/c1-13(2)12-24-17-11-19-10-16(21-17)20-7-8-22-15-6-4-3-5-14(15)9-18(22)23/h3-6,10-11,13H,7-9,12H2,1-2H3,(H,20,21). The van der Waals surface area contributed by atoms with Gasteiger partial charge in [0.15, 0.2) is 0 Å². The van der Waals surface area contributed by atoms with Crippen LogP contribution < -0.4 is 15.0 Å². The first kappa shape index (κ1) is 16.2. The molecule has 0 aliphatic carbocycles. The summed E-state index contributed by atoms with van der Waals surface area (Å²) in [7, 11) is 0. The molecule has 1 aromatic carbocycles. The number of nitrogens with one attached hydrogen (secondary N) is 1. The molecule has 0 saturated carbocycles. The Bertz CT molecular complexity index is 718. The number of rotatable bonds is 7. The molecule has 1 aliphatic heterocycles. The molecule has 24 heavy (non-hydrogen) atoms. The van der Waals surface area contributed by atoms with Crippen LogP contribution in [0.15, 0.2) is 36.7 Å². The van der Waals surface area contributed by atoms with Crippen molar-refractivity contribution in [2.24, 2.45) is 5.92 Å². The van der Waals surface area contributed by atoms with E-state index >= 15 is 0 Å². The fourth-order valence-corrected chi connectivity index (χ4v) is 2.61. The summed E-state index contributed by atoms with van der Waals surface area (Å²) in [5, 5.41) is 3.20. The third-order valence-electron chi connectivity index (χ3n) is 3.74. The molecule has 126 valence electrons. The Morgan fingerprint density at radius 3 is 2.96 bits per heavy atom. The van der Waals surface area contributed by atoms with Gasteiger partial charge in [-0.25, -0.2) is 0 Å². The Hall–Kier alpha value is -2.63. The fourth-order valence-electron chi connectivity index (χ4n) is 2.61. The van der Waals surface area contributed by atoms with Crippen LogP contribution in [0.25, 0.3) is 0 Å². The van der Waals surface area contributed by atoms with Crippen molar-refractivity contribution in [2.45, 2.75) is 20.3 Å². The van der Waals surface area contributed by atoms with Gasteiger partial charge < -0.3 is 15.0 Å². The number of carbonyl (C=O) groups is 1. The minimum Gasteiger partial charge on any atom is -0.476 e. The number of ether oxygens (including phenoxy) is 1. The average molecular weight is 326 g/mol. The predicted molar refractivity (Wildman–Crippen MR) is 93.4 cm³/mol. The predicted octanol–water partition coefficient (Wildman–Crippen LogP) is 2.51. The molecule has 1 aromatic heterocycles. The maximum absolute atomic E-state index is 12.1. The largest absolute Gasteiger partial charge is 0.476 e. The number of fused-ring (bicyclic) bond motifs is 1. The van der Waals surface area contributed by atoms with Gasteiger partial charge in [0.25, 0.3) is 0 Å². The monoisotopic (exact) mass is 326 g/mol. The van der Waals surface area contributed by atoms with Crippen LogP contribution in [0.5, 0.6) is 5.88 Å². The summed E-state index contributed by atoms with van der Waals surface area (Å²) in [6, 6.07) is 7.91. The second kappa shape index (κ2) is 7.29. The zero-order valence-electron chi connectivity index (χ0n) is 14.0.